The van der Waals surface area contributed by atoms with E-state index in [-0.39, 0.29) is 11.9 Å². The Morgan fingerprint density at radius 2 is 2.20 bits per heavy atom. The summed E-state index contributed by atoms with van der Waals surface area (Å²) in [5, 5.41) is 3.10. The van der Waals surface area contributed by atoms with Gasteiger partial charge in [-0.15, -0.1) is 0 Å². The first-order valence-corrected chi connectivity index (χ1v) is 6.71. The molecule has 0 spiro atoms. The van der Waals surface area contributed by atoms with Crippen molar-refractivity contribution in [2.24, 2.45) is 0 Å². The number of nitrogens with one attached hydrogen (secondary N) is 1. The number of rotatable bonds is 5. The van der Waals surface area contributed by atoms with Crippen molar-refractivity contribution in [3.63, 3.8) is 0 Å². The van der Waals surface area contributed by atoms with Crippen LogP contribution in [-0.4, -0.2) is 44.3 Å². The number of amides is 1. The summed E-state index contributed by atoms with van der Waals surface area (Å²) in [6.45, 7) is 7.10. The number of carbonyl (C=O) groups excluding carboxylic acids is 1. The molecule has 20 heavy (non-hydrogen) atoms. The molecule has 0 radical (unpaired) electrons. The summed E-state index contributed by atoms with van der Waals surface area (Å²) < 4.78 is 1.78. The monoisotopic (exact) mass is 276 g/mol. The minimum atomic E-state index is -0.385. The van der Waals surface area contributed by atoms with Gasteiger partial charge < -0.3 is 20.4 Å². The fourth-order valence-electron chi connectivity index (χ4n) is 2.12. The van der Waals surface area contributed by atoms with Crippen molar-refractivity contribution in [2.45, 2.75) is 26.8 Å². The molecule has 2 aromatic rings. The van der Waals surface area contributed by atoms with Crippen LogP contribution in [0.1, 0.15) is 20.8 Å². The summed E-state index contributed by atoms with van der Waals surface area (Å²) in [6.07, 6.45) is 5.14. The molecule has 108 valence electrons. The molecule has 7 heteroatoms. The smallest absolute Gasteiger partial charge is 0.244 e. The largest absolute Gasteiger partial charge is 0.382 e. The van der Waals surface area contributed by atoms with Gasteiger partial charge in [0.25, 0.3) is 0 Å². The Hall–Kier alpha value is -2.31. The number of hydrogen-bond acceptors (Lipinski definition) is 5. The minimum Gasteiger partial charge on any atom is -0.382 e. The van der Waals surface area contributed by atoms with E-state index in [9.17, 15) is 4.79 Å². The van der Waals surface area contributed by atoms with Crippen molar-refractivity contribution < 1.29 is 4.79 Å². The number of nitrogen functional groups attached to an aromatic ring is 1. The first kappa shape index (κ1) is 14.1. The van der Waals surface area contributed by atoms with Crippen LogP contribution in [0.3, 0.4) is 0 Å². The number of fused-ring (bicyclic) bond motifs is 1. The van der Waals surface area contributed by atoms with Gasteiger partial charge in [0, 0.05) is 25.5 Å². The molecule has 2 aromatic heterocycles. The maximum absolute atomic E-state index is 12.2. The fraction of sp³-hybridized carbons (Fsp3) is 0.462. The third-order valence-electron chi connectivity index (χ3n) is 3.19. The van der Waals surface area contributed by atoms with Crippen molar-refractivity contribution in [1.82, 2.24) is 19.3 Å². The highest BCUT2D eigenvalue weighted by Crippen LogP contribution is 2.16. The van der Waals surface area contributed by atoms with Crippen LogP contribution in [0.5, 0.6) is 0 Å². The second-order valence-corrected chi connectivity index (χ2v) is 4.55. The fourth-order valence-corrected chi connectivity index (χ4v) is 2.12. The molecule has 1 amide bonds. The van der Waals surface area contributed by atoms with Crippen LogP contribution < -0.4 is 11.1 Å². The highest BCUT2D eigenvalue weighted by molar-refractivity contribution is 5.85. The molecule has 0 aliphatic heterocycles. The van der Waals surface area contributed by atoms with Crippen LogP contribution in [0.15, 0.2) is 18.6 Å². The first-order valence-electron chi connectivity index (χ1n) is 6.71. The number of nitrogens with two attached hydrogens (primary N) is 1. The summed E-state index contributed by atoms with van der Waals surface area (Å²) in [6, 6.07) is -0.385. The van der Waals surface area contributed by atoms with Crippen LogP contribution in [0.2, 0.25) is 0 Å². The molecule has 1 unspecified atom stereocenters. The van der Waals surface area contributed by atoms with Crippen LogP contribution >= 0.6 is 0 Å². The second-order valence-electron chi connectivity index (χ2n) is 4.55. The Morgan fingerprint density at radius 3 is 2.85 bits per heavy atom. The second kappa shape index (κ2) is 5.77. The van der Waals surface area contributed by atoms with Crippen LogP contribution in [-0.2, 0) is 4.79 Å². The molecule has 0 aromatic carbocycles. The van der Waals surface area contributed by atoms with Crippen LogP contribution in [0, 0.1) is 0 Å². The number of carbonyl (C=O) groups is 1. The molecule has 0 aliphatic rings. The zero-order chi connectivity index (χ0) is 14.7. The lowest BCUT2D eigenvalue weighted by Crippen LogP contribution is -2.41. The van der Waals surface area contributed by atoms with Crippen molar-refractivity contribution in [1.29, 1.82) is 0 Å². The summed E-state index contributed by atoms with van der Waals surface area (Å²) in [5.74, 6) is 0.924. The molecule has 0 aliphatic carbocycles. The van der Waals surface area contributed by atoms with E-state index in [4.69, 9.17) is 5.73 Å². The number of hydrogen-bond donors (Lipinski definition) is 2. The molecule has 2 heterocycles. The van der Waals surface area contributed by atoms with Crippen molar-refractivity contribution in [2.75, 3.05) is 24.1 Å². The normalized spacial score (nSPS) is 12.3. The summed E-state index contributed by atoms with van der Waals surface area (Å²) in [4.78, 5) is 22.5. The molecule has 0 bridgehead atoms. The van der Waals surface area contributed by atoms with Gasteiger partial charge in [0.1, 0.15) is 11.9 Å². The minimum absolute atomic E-state index is 0.0314. The van der Waals surface area contributed by atoms with Gasteiger partial charge in [-0.3, -0.25) is 4.79 Å². The molecule has 0 fully saturated rings. The maximum Gasteiger partial charge on any atom is 0.244 e. The predicted octanol–water partition coefficient (Wildman–Crippen LogP) is 0.980. The van der Waals surface area contributed by atoms with E-state index in [0.717, 1.165) is 0 Å². The summed E-state index contributed by atoms with van der Waals surface area (Å²) in [5.41, 5.74) is 6.40. The lowest BCUT2D eigenvalue weighted by atomic mass is 10.2. The van der Waals surface area contributed by atoms with E-state index in [0.29, 0.717) is 30.4 Å². The van der Waals surface area contributed by atoms with Crippen LogP contribution in [0.4, 0.5) is 11.6 Å². The molecular weight excluding hydrogens is 256 g/mol. The highest BCUT2D eigenvalue weighted by atomic mass is 16.2. The lowest BCUT2D eigenvalue weighted by Gasteiger charge is -2.23. The Kier molecular flexibility index (Phi) is 4.07. The van der Waals surface area contributed by atoms with E-state index in [1.54, 1.807) is 27.9 Å². The van der Waals surface area contributed by atoms with Gasteiger partial charge in [0.2, 0.25) is 5.91 Å². The van der Waals surface area contributed by atoms with E-state index < -0.39 is 0 Å². The molecule has 3 N–H and O–H groups in total. The van der Waals surface area contributed by atoms with Gasteiger partial charge in [-0.2, -0.15) is 0 Å². The van der Waals surface area contributed by atoms with Gasteiger partial charge >= 0.3 is 0 Å². The van der Waals surface area contributed by atoms with Gasteiger partial charge in [0.15, 0.2) is 11.5 Å². The van der Waals surface area contributed by atoms with E-state index >= 15 is 0 Å². The number of nitrogens with zero attached hydrogens (tertiary/aromatic N) is 4. The van der Waals surface area contributed by atoms with Crippen LogP contribution in [0.25, 0.3) is 5.65 Å². The standard InChI is InChI=1S/C13H20N6O/c1-4-18(5-2)13(20)9(3)16-11-12-15-6-7-19(12)8-10(14)17-11/h6-9H,4-5,14H2,1-3H3,(H,16,17). The van der Waals surface area contributed by atoms with Crippen molar-refractivity contribution >= 4 is 23.2 Å². The van der Waals surface area contributed by atoms with E-state index in [1.807, 2.05) is 20.8 Å². The zero-order valence-corrected chi connectivity index (χ0v) is 12.0. The van der Waals surface area contributed by atoms with Crippen molar-refractivity contribution in [3.8, 4) is 0 Å². The Morgan fingerprint density at radius 1 is 1.50 bits per heavy atom. The summed E-state index contributed by atoms with van der Waals surface area (Å²) >= 11 is 0. The molecule has 0 saturated carbocycles. The van der Waals surface area contributed by atoms with E-state index in [2.05, 4.69) is 15.3 Å². The molecular formula is C13H20N6O. The molecule has 7 nitrogen and oxygen atoms in total. The number of anilines is 2. The molecule has 0 saturated heterocycles. The lowest BCUT2D eigenvalue weighted by molar-refractivity contribution is -0.131. The Balaban J connectivity index is 2.23. The first-order chi connectivity index (χ1) is 9.56. The van der Waals surface area contributed by atoms with Crippen molar-refractivity contribution in [3.05, 3.63) is 18.6 Å². The highest BCUT2D eigenvalue weighted by Gasteiger charge is 2.19. The third-order valence-corrected chi connectivity index (χ3v) is 3.19. The van der Waals surface area contributed by atoms with Gasteiger partial charge in [-0.25, -0.2) is 9.97 Å². The topological polar surface area (TPSA) is 88.5 Å². The summed E-state index contributed by atoms with van der Waals surface area (Å²) in [7, 11) is 0. The number of imidazole rings is 1. The molecule has 1 atom stereocenters. The average Bonchev–Trinajstić information content (AvgIpc) is 2.88. The SMILES string of the molecule is CCN(CC)C(=O)C(C)Nc1nc(N)cn2ccnc12. The number of aromatic nitrogens is 3. The van der Waals surface area contributed by atoms with Gasteiger partial charge in [-0.1, -0.05) is 0 Å². The Bertz CT molecular complexity index is 604. The number of likely N-dealkylation sites (N-methyl/N-ethyl adjacent to an activating group) is 1. The van der Waals surface area contributed by atoms with Gasteiger partial charge in [-0.05, 0) is 20.8 Å². The predicted molar refractivity (Wildman–Crippen MR) is 78.4 cm³/mol. The Labute approximate surface area is 117 Å². The molecule has 2 rings (SSSR count). The maximum atomic E-state index is 12.2. The quantitative estimate of drug-likeness (QED) is 0.850. The third kappa shape index (κ3) is 2.66. The van der Waals surface area contributed by atoms with Gasteiger partial charge in [0.05, 0.1) is 6.20 Å². The average molecular weight is 276 g/mol. The van der Waals surface area contributed by atoms with E-state index in [1.165, 1.54) is 0 Å². The zero-order valence-electron chi connectivity index (χ0n) is 12.0.